The van der Waals surface area contributed by atoms with Crippen LogP contribution in [0, 0.1) is 18.3 Å². The highest BCUT2D eigenvalue weighted by molar-refractivity contribution is 6.25. The number of carbonyl (C=O) groups excluding carboxylic acids is 4. The number of rotatable bonds is 5. The van der Waals surface area contributed by atoms with Crippen LogP contribution in [0.25, 0.3) is 0 Å². The second-order valence-electron chi connectivity index (χ2n) is 11.6. The summed E-state index contributed by atoms with van der Waals surface area (Å²) < 4.78 is 49.6. The first-order chi connectivity index (χ1) is 21.1. The number of aryl methyl sites for hydroxylation is 1. The van der Waals surface area contributed by atoms with Crippen molar-refractivity contribution in [2.24, 2.45) is 0 Å². The van der Waals surface area contributed by atoms with Gasteiger partial charge < -0.3 is 25.2 Å². The average molecular weight is 632 g/mol. The largest absolute Gasteiger partial charge is 0.504 e. The van der Waals surface area contributed by atoms with Crippen LogP contribution in [0.3, 0.4) is 0 Å². The van der Waals surface area contributed by atoms with Gasteiger partial charge in [0.25, 0.3) is 0 Å². The van der Waals surface area contributed by atoms with Gasteiger partial charge in [-0.1, -0.05) is 6.07 Å². The Balaban J connectivity index is 1.68. The van der Waals surface area contributed by atoms with Crippen LogP contribution in [-0.2, 0) is 30.3 Å². The summed E-state index contributed by atoms with van der Waals surface area (Å²) >= 11 is 0. The summed E-state index contributed by atoms with van der Waals surface area (Å²) in [5.74, 6) is -4.81. The van der Waals surface area contributed by atoms with Gasteiger partial charge in [-0.05, 0) is 51.8 Å². The second kappa shape index (κ2) is 11.2. The number of nitrogens with one attached hydrogen (secondary N) is 2. The SMILES string of the molecule is COC1=C(C)C(=O)C2=C(C1=O)[C@H](NC(=O)[C@H](C)NC(=O)C(F)(F)F)N1C(C2)[C@H]2c3c(cc(C)c(OC)c3O)C[C@@H]([C@@H]1C#N)N2C. The lowest BCUT2D eigenvalue weighted by Crippen LogP contribution is -2.73. The van der Waals surface area contributed by atoms with E-state index in [1.807, 2.05) is 11.0 Å². The molecule has 1 unspecified atom stereocenters. The Kier molecular flexibility index (Phi) is 7.95. The zero-order valence-electron chi connectivity index (χ0n) is 25.3. The van der Waals surface area contributed by atoms with Crippen molar-refractivity contribution < 1.29 is 46.9 Å². The number of nitrogens with zero attached hydrogens (tertiary/aromatic N) is 3. The van der Waals surface area contributed by atoms with Crippen LogP contribution in [0.2, 0.25) is 0 Å². The van der Waals surface area contributed by atoms with Gasteiger partial charge in [-0.2, -0.15) is 18.4 Å². The highest BCUT2D eigenvalue weighted by Crippen LogP contribution is 2.53. The molecule has 12 nitrogen and oxygen atoms in total. The molecule has 0 spiro atoms. The average Bonchev–Trinajstić information content (AvgIpc) is 2.96. The number of phenols is 1. The first-order valence-corrected chi connectivity index (χ1v) is 14.1. The lowest BCUT2D eigenvalue weighted by Gasteiger charge is -2.60. The van der Waals surface area contributed by atoms with E-state index < -0.39 is 65.9 Å². The molecule has 1 fully saturated rings. The zero-order chi connectivity index (χ0) is 33.3. The van der Waals surface area contributed by atoms with Crippen LogP contribution in [-0.4, -0.2) is 96.1 Å². The molecule has 1 aromatic rings. The molecule has 3 N–H and O–H groups in total. The maximum Gasteiger partial charge on any atom is 0.471 e. The molecule has 15 heteroatoms. The van der Waals surface area contributed by atoms with Gasteiger partial charge in [0.15, 0.2) is 23.0 Å². The van der Waals surface area contributed by atoms with Crippen LogP contribution >= 0.6 is 0 Å². The van der Waals surface area contributed by atoms with Gasteiger partial charge >= 0.3 is 12.1 Å². The molecule has 5 rings (SSSR count). The van der Waals surface area contributed by atoms with Gasteiger partial charge in [0, 0.05) is 34.4 Å². The third kappa shape index (κ3) is 4.83. The van der Waals surface area contributed by atoms with Crippen molar-refractivity contribution in [2.75, 3.05) is 21.3 Å². The van der Waals surface area contributed by atoms with Gasteiger partial charge in [0.05, 0.1) is 26.3 Å². The van der Waals surface area contributed by atoms with E-state index in [9.17, 15) is 42.7 Å². The van der Waals surface area contributed by atoms with Crippen molar-refractivity contribution in [1.82, 2.24) is 20.4 Å². The number of fused-ring (bicyclic) bond motifs is 6. The van der Waals surface area contributed by atoms with Crippen molar-refractivity contribution in [3.8, 4) is 17.6 Å². The topological polar surface area (TPSA) is 161 Å². The molecule has 1 aliphatic carbocycles. The molecule has 6 atom stereocenters. The third-order valence-corrected chi connectivity index (χ3v) is 9.22. The maximum atomic E-state index is 13.8. The van der Waals surface area contributed by atoms with Gasteiger partial charge in [-0.3, -0.25) is 29.0 Å². The summed E-state index contributed by atoms with van der Waals surface area (Å²) in [5.41, 5.74) is 1.86. The van der Waals surface area contributed by atoms with Gasteiger partial charge in [-0.25, -0.2) is 0 Å². The van der Waals surface area contributed by atoms with Crippen molar-refractivity contribution >= 4 is 23.4 Å². The number of ketones is 2. The zero-order valence-corrected chi connectivity index (χ0v) is 25.3. The van der Waals surface area contributed by atoms with Gasteiger partial charge in [-0.15, -0.1) is 0 Å². The van der Waals surface area contributed by atoms with E-state index in [0.717, 1.165) is 12.5 Å². The Hall–Kier alpha value is -4.42. The number of phenolic OH excluding ortho intramolecular Hbond substituents is 1. The number of methoxy groups -OCH3 is 2. The van der Waals surface area contributed by atoms with Crippen LogP contribution < -0.4 is 15.4 Å². The second-order valence-corrected chi connectivity index (χ2v) is 11.6. The predicted octanol–water partition coefficient (Wildman–Crippen LogP) is 1.46. The summed E-state index contributed by atoms with van der Waals surface area (Å²) in [4.78, 5) is 56.0. The number of likely N-dealkylation sites (N-methyl/N-ethyl adjacent to an activating group) is 1. The molecule has 0 saturated carbocycles. The van der Waals surface area contributed by atoms with E-state index in [2.05, 4.69) is 11.4 Å². The molecular formula is C30H32F3N5O7. The molecule has 2 bridgehead atoms. The van der Waals surface area contributed by atoms with E-state index in [0.29, 0.717) is 17.5 Å². The summed E-state index contributed by atoms with van der Waals surface area (Å²) in [7, 11) is 4.40. The number of Topliss-reactive ketones (excluding diaryl/α,β-unsaturated/α-hetero) is 2. The Morgan fingerprint density at radius 1 is 1.13 bits per heavy atom. The minimum Gasteiger partial charge on any atom is -0.504 e. The quantitative estimate of drug-likeness (QED) is 0.406. The normalized spacial score (nSPS) is 27.2. The number of hydrogen-bond donors (Lipinski definition) is 3. The Bertz CT molecular complexity index is 1630. The Morgan fingerprint density at radius 3 is 2.38 bits per heavy atom. The van der Waals surface area contributed by atoms with Gasteiger partial charge in [0.2, 0.25) is 11.7 Å². The highest BCUT2D eigenvalue weighted by Gasteiger charge is 2.58. The maximum absolute atomic E-state index is 13.8. The fraction of sp³-hybridized carbons (Fsp3) is 0.500. The standard InChI is InChI=1S/C30H32F3N5O7/c1-11-7-14-8-16-18(10-34)38-17(21(37(16)4)19(14)23(40)25(11)44-5)9-15-20(24(41)26(45-6)12(2)22(15)39)27(38)36-28(42)13(3)35-29(43)30(31,32)33/h7,13,16-18,21,27,40H,8-9H2,1-6H3,(H,35,43)(H,36,42)/t13-,16-,17?,18-,21-,27+/m0/s1. The number of hydrogen-bond acceptors (Lipinski definition) is 10. The van der Waals surface area contributed by atoms with Crippen LogP contribution in [0.4, 0.5) is 13.2 Å². The highest BCUT2D eigenvalue weighted by atomic mass is 19.4. The molecule has 1 saturated heterocycles. The Morgan fingerprint density at radius 2 is 1.80 bits per heavy atom. The number of ether oxygens (including phenoxy) is 2. The van der Waals surface area contributed by atoms with E-state index in [1.54, 1.807) is 24.2 Å². The number of amides is 2. The smallest absolute Gasteiger partial charge is 0.471 e. The summed E-state index contributed by atoms with van der Waals surface area (Å²) in [5, 5.41) is 26.1. The number of aromatic hydroxyl groups is 1. The van der Waals surface area contributed by atoms with Crippen molar-refractivity contribution in [3.63, 3.8) is 0 Å². The monoisotopic (exact) mass is 631 g/mol. The first-order valence-electron chi connectivity index (χ1n) is 14.1. The molecule has 3 aliphatic heterocycles. The minimum absolute atomic E-state index is 0.0358. The molecule has 1 aromatic carbocycles. The fourth-order valence-corrected chi connectivity index (χ4v) is 7.22. The third-order valence-electron chi connectivity index (χ3n) is 9.22. The van der Waals surface area contributed by atoms with E-state index in [-0.39, 0.29) is 40.4 Å². The molecule has 45 heavy (non-hydrogen) atoms. The van der Waals surface area contributed by atoms with Crippen LogP contribution in [0.5, 0.6) is 11.5 Å². The van der Waals surface area contributed by atoms with Crippen LogP contribution in [0.1, 0.15) is 43.0 Å². The van der Waals surface area contributed by atoms with E-state index >= 15 is 0 Å². The molecule has 0 radical (unpaired) electrons. The predicted molar refractivity (Wildman–Crippen MR) is 149 cm³/mol. The van der Waals surface area contributed by atoms with Crippen LogP contribution in [0.15, 0.2) is 28.5 Å². The first kappa shape index (κ1) is 32.0. The molecule has 240 valence electrons. The number of carbonyl (C=O) groups is 4. The molecule has 2 amide bonds. The molecule has 4 aliphatic rings. The Labute approximate surface area is 256 Å². The van der Waals surface area contributed by atoms with E-state index in [1.165, 1.54) is 21.1 Å². The summed E-state index contributed by atoms with van der Waals surface area (Å²) in [6.07, 6.45) is -6.49. The summed E-state index contributed by atoms with van der Waals surface area (Å²) in [6, 6.07) is -0.519. The van der Waals surface area contributed by atoms with E-state index in [4.69, 9.17) is 9.47 Å². The molecule has 0 aromatic heterocycles. The fourth-order valence-electron chi connectivity index (χ4n) is 7.22. The van der Waals surface area contributed by atoms with Crippen molar-refractivity contribution in [1.29, 1.82) is 5.26 Å². The van der Waals surface area contributed by atoms with Crippen molar-refractivity contribution in [2.45, 2.75) is 76.2 Å². The van der Waals surface area contributed by atoms with Gasteiger partial charge in [0.1, 0.15) is 18.2 Å². The lowest BCUT2D eigenvalue weighted by atomic mass is 9.71. The minimum atomic E-state index is -5.25. The number of halogens is 3. The number of nitriles is 1. The lowest BCUT2D eigenvalue weighted by molar-refractivity contribution is -0.174. The number of piperazine rings is 1. The molecule has 3 heterocycles. The number of allylic oxidation sites excluding steroid dienone is 2. The number of alkyl halides is 3. The number of benzene rings is 1. The van der Waals surface area contributed by atoms with Crippen molar-refractivity contribution in [3.05, 3.63) is 45.2 Å². The summed E-state index contributed by atoms with van der Waals surface area (Å²) in [6.45, 7) is 4.24. The molecular weight excluding hydrogens is 599 g/mol.